The Morgan fingerprint density at radius 2 is 1.62 bits per heavy atom. The Hall–Kier alpha value is -6.94. The maximum absolute atomic E-state index is 14.2. The summed E-state index contributed by atoms with van der Waals surface area (Å²) >= 11 is 1.57. The van der Waals surface area contributed by atoms with Crippen molar-refractivity contribution in [1.82, 2.24) is 25.5 Å². The fraction of sp³-hybridized carbons (Fsp3) is 0.333. The molecule has 358 valence electrons. The monoisotopic (exact) mass is 950 g/mol. The van der Waals surface area contributed by atoms with Crippen LogP contribution in [0.2, 0.25) is 0 Å². The third kappa shape index (κ3) is 11.2. The van der Waals surface area contributed by atoms with Crippen LogP contribution in [0.3, 0.4) is 0 Å². The zero-order valence-corrected chi connectivity index (χ0v) is 40.5. The number of nitrogens with one attached hydrogen (secondary N) is 3. The average Bonchev–Trinajstić information content (AvgIpc) is 3.92. The molecule has 8 rings (SSSR count). The third-order valence-electron chi connectivity index (χ3n) is 12.5. The van der Waals surface area contributed by atoms with Crippen LogP contribution in [0.4, 0.5) is 5.69 Å². The lowest BCUT2D eigenvalue weighted by Crippen LogP contribution is -2.58. The van der Waals surface area contributed by atoms with Crippen LogP contribution in [0.1, 0.15) is 63.4 Å². The summed E-state index contributed by atoms with van der Waals surface area (Å²) in [7, 11) is 1.57. The van der Waals surface area contributed by atoms with E-state index in [0.717, 1.165) is 60.9 Å². The number of hydrogen-bond donors (Lipinski definition) is 4. The molecule has 69 heavy (non-hydrogen) atoms. The maximum atomic E-state index is 14.2. The predicted octanol–water partition coefficient (Wildman–Crippen LogP) is 8.17. The molecule has 2 aliphatic heterocycles. The summed E-state index contributed by atoms with van der Waals surface area (Å²) in [4.78, 5) is 66.3. The molecule has 0 spiro atoms. The zero-order valence-electron chi connectivity index (χ0n) is 39.7. The van der Waals surface area contributed by atoms with Crippen molar-refractivity contribution in [2.75, 3.05) is 38.8 Å². The van der Waals surface area contributed by atoms with Crippen molar-refractivity contribution in [2.24, 2.45) is 5.41 Å². The lowest BCUT2D eigenvalue weighted by Gasteiger charge is -2.35. The molecule has 15 heteroatoms. The van der Waals surface area contributed by atoms with Gasteiger partial charge in [0, 0.05) is 30.5 Å². The number of benzene rings is 4. The Kier molecular flexibility index (Phi) is 14.9. The van der Waals surface area contributed by atoms with Crippen LogP contribution in [0.25, 0.3) is 44.1 Å². The van der Waals surface area contributed by atoms with Gasteiger partial charge in [-0.05, 0) is 71.3 Å². The lowest BCUT2D eigenvalue weighted by molar-refractivity contribution is -0.144. The standard InChI is InChI=1S/C54H58N6O8S/c1-32(34-16-18-36(19-17-34)50-33(2)55-31-69-50)56-52(64)44-27-38(61)30-60(44)53(65)51(54(3,4)5)59-47(62)22-23-67-24-25-68-45-21-20-37(26-46(45)66-6)40-28-43(35-12-8-7-9-13-35)58-49-39-14-10-11-15-42(39)57-48(63)29-41(40)49/h7-21,26,28,31-32,38,44,51,61H,22-25,27,29-30H2,1-6H3,(H,56,64)(H,57,63)(H,59,62)/t32-,38+,44-,51+/m0/s1. The van der Waals surface area contributed by atoms with E-state index < -0.39 is 35.4 Å². The van der Waals surface area contributed by atoms with E-state index in [2.05, 4.69) is 20.9 Å². The van der Waals surface area contributed by atoms with E-state index in [9.17, 15) is 24.3 Å². The predicted molar refractivity (Wildman–Crippen MR) is 267 cm³/mol. The fourth-order valence-corrected chi connectivity index (χ4v) is 9.63. The number of aryl methyl sites for hydroxylation is 1. The van der Waals surface area contributed by atoms with Gasteiger partial charge in [0.05, 0.1) is 72.0 Å². The fourth-order valence-electron chi connectivity index (χ4n) is 8.82. The lowest BCUT2D eigenvalue weighted by atomic mass is 9.85. The van der Waals surface area contributed by atoms with Crippen LogP contribution in [0, 0.1) is 12.3 Å². The number of carbonyl (C=O) groups is 4. The molecule has 0 unspecified atom stereocenters. The molecule has 4 aromatic carbocycles. The molecule has 0 aliphatic carbocycles. The number of hydrogen-bond acceptors (Lipinski definition) is 11. The zero-order chi connectivity index (χ0) is 48.8. The number of pyridine rings is 1. The molecule has 6 aromatic rings. The van der Waals surface area contributed by atoms with Gasteiger partial charge < -0.3 is 40.2 Å². The van der Waals surface area contributed by atoms with Crippen molar-refractivity contribution in [3.8, 4) is 55.6 Å². The second-order valence-electron chi connectivity index (χ2n) is 18.5. The van der Waals surface area contributed by atoms with Crippen LogP contribution >= 0.6 is 11.3 Å². The number of para-hydroxylation sites is 1. The highest BCUT2D eigenvalue weighted by atomic mass is 32.1. The second kappa shape index (κ2) is 21.1. The smallest absolute Gasteiger partial charge is 0.246 e. The maximum Gasteiger partial charge on any atom is 0.246 e. The number of nitrogens with zero attached hydrogens (tertiary/aromatic N) is 3. The van der Waals surface area contributed by atoms with E-state index in [-0.39, 0.29) is 63.5 Å². The van der Waals surface area contributed by atoms with E-state index in [4.69, 9.17) is 19.2 Å². The highest BCUT2D eigenvalue weighted by Gasteiger charge is 2.44. The van der Waals surface area contributed by atoms with Gasteiger partial charge >= 0.3 is 0 Å². The average molecular weight is 951 g/mol. The summed E-state index contributed by atoms with van der Waals surface area (Å²) in [5, 5.41) is 19.6. The second-order valence-corrected chi connectivity index (χ2v) is 19.3. The number of β-amino-alcohol motifs (C(OH)–C–C–N with tert-alkyl or cyclic N) is 1. The summed E-state index contributed by atoms with van der Waals surface area (Å²) in [6.45, 7) is 9.76. The first-order valence-electron chi connectivity index (χ1n) is 23.1. The first-order valence-corrected chi connectivity index (χ1v) is 24.0. The number of amides is 4. The van der Waals surface area contributed by atoms with Crippen LogP contribution in [-0.2, 0) is 30.3 Å². The number of rotatable bonds is 16. The molecule has 2 aromatic heterocycles. The van der Waals surface area contributed by atoms with Gasteiger partial charge in [-0.1, -0.05) is 99.6 Å². The van der Waals surface area contributed by atoms with E-state index in [1.54, 1.807) is 18.4 Å². The Morgan fingerprint density at radius 1 is 0.884 bits per heavy atom. The van der Waals surface area contributed by atoms with Gasteiger partial charge in [0.1, 0.15) is 18.7 Å². The highest BCUT2D eigenvalue weighted by molar-refractivity contribution is 7.13. The SMILES string of the molecule is COc1cc(-c2cc(-c3ccccc3)nc3c2CC(=O)Nc2ccccc2-3)ccc1OCCOCCC(=O)N[C@H](C(=O)N1C[C@H](O)C[C@H]1C(=O)N[C@@H](C)c1ccc(-c2scnc2C)cc1)C(C)(C)C. The number of aliphatic hydroxyl groups excluding tert-OH is 1. The quantitative estimate of drug-likeness (QED) is 0.0691. The molecule has 0 saturated carbocycles. The highest BCUT2D eigenvalue weighted by Crippen LogP contribution is 2.42. The molecule has 4 N–H and O–H groups in total. The first kappa shape index (κ1) is 48.5. The van der Waals surface area contributed by atoms with Crippen molar-refractivity contribution in [3.05, 3.63) is 125 Å². The molecule has 4 atom stereocenters. The van der Waals surface area contributed by atoms with Crippen LogP contribution in [0.5, 0.6) is 11.5 Å². The van der Waals surface area contributed by atoms with Gasteiger partial charge in [-0.3, -0.25) is 19.2 Å². The molecule has 2 aliphatic rings. The van der Waals surface area contributed by atoms with Gasteiger partial charge in [-0.25, -0.2) is 9.97 Å². The molecular formula is C54H58N6O8S. The van der Waals surface area contributed by atoms with E-state index in [0.29, 0.717) is 17.2 Å². The molecular weight excluding hydrogens is 893 g/mol. The van der Waals surface area contributed by atoms with Gasteiger partial charge in [-0.2, -0.15) is 0 Å². The van der Waals surface area contributed by atoms with Gasteiger partial charge in [0.25, 0.3) is 0 Å². The van der Waals surface area contributed by atoms with Crippen LogP contribution in [-0.4, -0.2) is 95.3 Å². The largest absolute Gasteiger partial charge is 0.493 e. The van der Waals surface area contributed by atoms with E-state index in [1.807, 2.05) is 143 Å². The van der Waals surface area contributed by atoms with Gasteiger partial charge in [0.15, 0.2) is 11.5 Å². The Labute approximate surface area is 406 Å². The third-order valence-corrected chi connectivity index (χ3v) is 13.5. The molecule has 4 amide bonds. The van der Waals surface area contributed by atoms with E-state index >= 15 is 0 Å². The van der Waals surface area contributed by atoms with Gasteiger partial charge in [-0.15, -0.1) is 11.3 Å². The van der Waals surface area contributed by atoms with E-state index in [1.165, 1.54) is 4.90 Å². The number of anilines is 1. The molecule has 14 nitrogen and oxygen atoms in total. The molecule has 0 bridgehead atoms. The molecule has 4 heterocycles. The Balaban J connectivity index is 0.860. The van der Waals surface area contributed by atoms with Crippen molar-refractivity contribution < 1.29 is 38.5 Å². The minimum absolute atomic E-state index is 0.0208. The number of aliphatic hydroxyl groups is 1. The van der Waals surface area contributed by atoms with Crippen LogP contribution < -0.4 is 25.4 Å². The number of likely N-dealkylation sites (tertiary alicyclic amines) is 1. The number of fused-ring (bicyclic) bond motifs is 3. The number of aromatic nitrogens is 2. The number of carbonyl (C=O) groups excluding carboxylic acids is 4. The summed E-state index contributed by atoms with van der Waals surface area (Å²) in [6, 6.07) is 30.9. The normalized spacial score (nSPS) is 16.3. The number of ether oxygens (including phenoxy) is 3. The molecule has 1 fully saturated rings. The minimum atomic E-state index is -0.968. The van der Waals surface area contributed by atoms with Crippen molar-refractivity contribution >= 4 is 40.7 Å². The molecule has 0 radical (unpaired) electrons. The first-order chi connectivity index (χ1) is 33.2. The van der Waals surface area contributed by atoms with Gasteiger partial charge in [0.2, 0.25) is 23.6 Å². The number of methoxy groups -OCH3 is 1. The van der Waals surface area contributed by atoms with Crippen molar-refractivity contribution in [3.63, 3.8) is 0 Å². The topological polar surface area (TPSA) is 181 Å². The Bertz CT molecular complexity index is 2830. The summed E-state index contributed by atoms with van der Waals surface area (Å²) < 4.78 is 17.7. The van der Waals surface area contributed by atoms with Crippen molar-refractivity contribution in [2.45, 2.75) is 78.1 Å². The van der Waals surface area contributed by atoms with Crippen LogP contribution in [0.15, 0.2) is 109 Å². The minimum Gasteiger partial charge on any atom is -0.493 e. The summed E-state index contributed by atoms with van der Waals surface area (Å²) in [6.07, 6.45) is -0.688. The Morgan fingerprint density at radius 3 is 2.35 bits per heavy atom. The summed E-state index contributed by atoms with van der Waals surface area (Å²) in [5.74, 6) is -0.356. The number of thiazole rings is 1. The summed E-state index contributed by atoms with van der Waals surface area (Å²) in [5.41, 5.74) is 10.5. The molecule has 1 saturated heterocycles. The van der Waals surface area contributed by atoms with Crippen molar-refractivity contribution in [1.29, 1.82) is 0 Å².